The van der Waals surface area contributed by atoms with Gasteiger partial charge >= 0.3 is 0 Å². The van der Waals surface area contributed by atoms with Crippen molar-refractivity contribution in [1.29, 1.82) is 0 Å². The van der Waals surface area contributed by atoms with Gasteiger partial charge in [0.05, 0.1) is 0 Å². The molecule has 0 saturated heterocycles. The minimum atomic E-state index is -0.0596. The Kier molecular flexibility index (Phi) is 1.89. The highest BCUT2D eigenvalue weighted by atomic mass is 16.1. The number of carbonyl (C=O) groups is 1. The van der Waals surface area contributed by atoms with Gasteiger partial charge in [-0.2, -0.15) is 0 Å². The van der Waals surface area contributed by atoms with Crippen LogP contribution in [0.5, 0.6) is 0 Å². The van der Waals surface area contributed by atoms with E-state index in [1.807, 2.05) is 20.8 Å². The molecule has 0 spiro atoms. The van der Waals surface area contributed by atoms with Crippen LogP contribution in [-0.4, -0.2) is 11.8 Å². The van der Waals surface area contributed by atoms with Crippen LogP contribution in [0.1, 0.15) is 27.2 Å². The first-order valence-corrected chi connectivity index (χ1v) is 3.90. The smallest absolute Gasteiger partial charge is 0.156 e. The minimum absolute atomic E-state index is 0.0419. The van der Waals surface area contributed by atoms with Gasteiger partial charge in [0, 0.05) is 12.5 Å². The Labute approximate surface area is 67.5 Å². The summed E-state index contributed by atoms with van der Waals surface area (Å²) >= 11 is 0. The van der Waals surface area contributed by atoms with Gasteiger partial charge in [0.1, 0.15) is 0 Å². The molecule has 0 heterocycles. The van der Waals surface area contributed by atoms with Gasteiger partial charge in [0.2, 0.25) is 0 Å². The maximum Gasteiger partial charge on any atom is 0.156 e. The first kappa shape index (κ1) is 8.47. The van der Waals surface area contributed by atoms with Gasteiger partial charge in [-0.1, -0.05) is 19.4 Å². The topological polar surface area (TPSA) is 43.1 Å². The Bertz CT molecular complexity index is 216. The molecular formula is C9H15NO. The minimum Gasteiger partial charge on any atom is -0.324 e. The van der Waals surface area contributed by atoms with Crippen LogP contribution < -0.4 is 5.73 Å². The van der Waals surface area contributed by atoms with E-state index in [1.165, 1.54) is 0 Å². The van der Waals surface area contributed by atoms with Crippen molar-refractivity contribution in [2.24, 2.45) is 11.1 Å². The molecule has 1 aliphatic carbocycles. The van der Waals surface area contributed by atoms with Crippen molar-refractivity contribution in [3.8, 4) is 0 Å². The fraction of sp³-hybridized carbons (Fsp3) is 0.667. The number of carbonyl (C=O) groups excluding carboxylic acids is 1. The molecule has 0 amide bonds. The van der Waals surface area contributed by atoms with Gasteiger partial charge in [-0.25, -0.2) is 0 Å². The molecule has 62 valence electrons. The number of hydrogen-bond acceptors (Lipinski definition) is 2. The van der Waals surface area contributed by atoms with E-state index in [2.05, 4.69) is 0 Å². The molecule has 0 aromatic heterocycles. The van der Waals surface area contributed by atoms with Crippen LogP contribution in [0, 0.1) is 5.41 Å². The Hall–Kier alpha value is -0.630. The van der Waals surface area contributed by atoms with Gasteiger partial charge in [0.15, 0.2) is 5.78 Å². The first-order valence-electron chi connectivity index (χ1n) is 3.90. The van der Waals surface area contributed by atoms with Crippen LogP contribution in [-0.2, 0) is 4.79 Å². The summed E-state index contributed by atoms with van der Waals surface area (Å²) in [6.07, 6.45) is 2.24. The number of allylic oxidation sites excluding steroid dienone is 1. The predicted octanol–water partition coefficient (Wildman–Crippen LogP) is 1.26. The molecule has 1 atom stereocenters. The zero-order chi connectivity index (χ0) is 8.65. The van der Waals surface area contributed by atoms with Crippen LogP contribution in [0.2, 0.25) is 0 Å². The van der Waals surface area contributed by atoms with Crippen LogP contribution in [0.25, 0.3) is 0 Å². The Morgan fingerprint density at radius 2 is 2.18 bits per heavy atom. The van der Waals surface area contributed by atoms with E-state index in [4.69, 9.17) is 5.73 Å². The lowest BCUT2D eigenvalue weighted by molar-refractivity contribution is -0.117. The van der Waals surface area contributed by atoms with Gasteiger partial charge in [-0.15, -0.1) is 0 Å². The van der Waals surface area contributed by atoms with Crippen LogP contribution in [0.15, 0.2) is 11.6 Å². The van der Waals surface area contributed by atoms with Crippen LogP contribution >= 0.6 is 0 Å². The largest absolute Gasteiger partial charge is 0.324 e. The SMILES string of the molecule is CC1=CC(=O)CC(C)(C)C1N. The highest BCUT2D eigenvalue weighted by molar-refractivity contribution is 5.92. The van der Waals surface area contributed by atoms with Crippen molar-refractivity contribution in [2.75, 3.05) is 0 Å². The van der Waals surface area contributed by atoms with Crippen molar-refractivity contribution in [3.05, 3.63) is 11.6 Å². The van der Waals surface area contributed by atoms with Gasteiger partial charge in [-0.3, -0.25) is 4.79 Å². The van der Waals surface area contributed by atoms with E-state index in [-0.39, 0.29) is 17.2 Å². The van der Waals surface area contributed by atoms with Crippen LogP contribution in [0.4, 0.5) is 0 Å². The normalized spacial score (nSPS) is 30.0. The summed E-state index contributed by atoms with van der Waals surface area (Å²) in [5, 5.41) is 0. The third-order valence-electron chi connectivity index (χ3n) is 2.35. The summed E-state index contributed by atoms with van der Waals surface area (Å²) < 4.78 is 0. The molecule has 1 unspecified atom stereocenters. The molecule has 0 bridgehead atoms. The molecule has 0 saturated carbocycles. The molecular weight excluding hydrogens is 138 g/mol. The molecule has 2 heteroatoms. The molecule has 1 aliphatic rings. The molecule has 0 radical (unpaired) electrons. The summed E-state index contributed by atoms with van der Waals surface area (Å²) in [7, 11) is 0. The van der Waals surface area contributed by atoms with Crippen molar-refractivity contribution in [2.45, 2.75) is 33.2 Å². The number of nitrogens with two attached hydrogens (primary N) is 1. The Morgan fingerprint density at radius 1 is 1.64 bits per heavy atom. The molecule has 2 nitrogen and oxygen atoms in total. The molecule has 1 rings (SSSR count). The second kappa shape index (κ2) is 2.45. The monoisotopic (exact) mass is 153 g/mol. The zero-order valence-electron chi connectivity index (χ0n) is 7.35. The average molecular weight is 153 g/mol. The second-order valence-corrected chi connectivity index (χ2v) is 4.00. The van der Waals surface area contributed by atoms with Gasteiger partial charge in [-0.05, 0) is 18.4 Å². The molecule has 0 aliphatic heterocycles. The van der Waals surface area contributed by atoms with Crippen molar-refractivity contribution < 1.29 is 4.79 Å². The third-order valence-corrected chi connectivity index (χ3v) is 2.35. The summed E-state index contributed by atoms with van der Waals surface area (Å²) in [6, 6.07) is 0.0419. The summed E-state index contributed by atoms with van der Waals surface area (Å²) in [4.78, 5) is 11.1. The van der Waals surface area contributed by atoms with E-state index in [1.54, 1.807) is 6.08 Å². The summed E-state index contributed by atoms with van der Waals surface area (Å²) in [5.74, 6) is 0.203. The summed E-state index contributed by atoms with van der Waals surface area (Å²) in [6.45, 7) is 5.99. The standard InChI is InChI=1S/C9H15NO/c1-6-4-7(11)5-9(2,3)8(6)10/h4,8H,5,10H2,1-3H3. The predicted molar refractivity (Wildman–Crippen MR) is 45.1 cm³/mol. The lowest BCUT2D eigenvalue weighted by Gasteiger charge is -2.34. The molecule has 0 fully saturated rings. The van der Waals surface area contributed by atoms with Crippen molar-refractivity contribution in [3.63, 3.8) is 0 Å². The highest BCUT2D eigenvalue weighted by Crippen LogP contribution is 2.32. The lowest BCUT2D eigenvalue weighted by Crippen LogP contribution is -2.42. The summed E-state index contributed by atoms with van der Waals surface area (Å²) in [5.41, 5.74) is 6.84. The second-order valence-electron chi connectivity index (χ2n) is 4.00. The highest BCUT2D eigenvalue weighted by Gasteiger charge is 2.33. The van der Waals surface area contributed by atoms with E-state index in [9.17, 15) is 4.79 Å². The Morgan fingerprint density at radius 3 is 2.64 bits per heavy atom. The average Bonchev–Trinajstić information content (AvgIpc) is 1.81. The zero-order valence-corrected chi connectivity index (χ0v) is 7.35. The molecule has 0 aromatic carbocycles. The number of rotatable bonds is 0. The fourth-order valence-electron chi connectivity index (χ4n) is 1.57. The molecule has 11 heavy (non-hydrogen) atoms. The van der Waals surface area contributed by atoms with Crippen molar-refractivity contribution in [1.82, 2.24) is 0 Å². The van der Waals surface area contributed by atoms with E-state index in [0.717, 1.165) is 5.57 Å². The van der Waals surface area contributed by atoms with Crippen LogP contribution in [0.3, 0.4) is 0 Å². The third kappa shape index (κ3) is 1.51. The maximum absolute atomic E-state index is 11.1. The van der Waals surface area contributed by atoms with E-state index in [0.29, 0.717) is 6.42 Å². The number of hydrogen-bond donors (Lipinski definition) is 1. The molecule has 2 N–H and O–H groups in total. The van der Waals surface area contributed by atoms with E-state index >= 15 is 0 Å². The fourth-order valence-corrected chi connectivity index (χ4v) is 1.57. The lowest BCUT2D eigenvalue weighted by atomic mass is 9.73. The van der Waals surface area contributed by atoms with Gasteiger partial charge in [0.25, 0.3) is 0 Å². The van der Waals surface area contributed by atoms with Gasteiger partial charge < -0.3 is 5.73 Å². The maximum atomic E-state index is 11.1. The molecule has 0 aromatic rings. The quantitative estimate of drug-likeness (QED) is 0.569. The number of ketones is 1. The van der Waals surface area contributed by atoms with Crippen molar-refractivity contribution >= 4 is 5.78 Å². The first-order chi connectivity index (χ1) is 4.93. The van der Waals surface area contributed by atoms with E-state index < -0.39 is 0 Å². The Balaban J connectivity index is 2.95.